The van der Waals surface area contributed by atoms with Crippen LogP contribution in [0.2, 0.25) is 10.0 Å². The fraction of sp³-hybridized carbons (Fsp3) is 0.250. The molecular formula is C20H19Cl2N5O2. The Morgan fingerprint density at radius 1 is 1.07 bits per heavy atom. The monoisotopic (exact) mass is 431 g/mol. The van der Waals surface area contributed by atoms with Gasteiger partial charge in [0.05, 0.1) is 17.4 Å². The molecule has 0 bridgehead atoms. The first-order valence-electron chi connectivity index (χ1n) is 9.20. The van der Waals surface area contributed by atoms with Crippen LogP contribution in [0.15, 0.2) is 47.3 Å². The van der Waals surface area contributed by atoms with Crippen LogP contribution < -0.4 is 10.9 Å². The molecule has 4 rings (SSSR count). The van der Waals surface area contributed by atoms with E-state index in [-0.39, 0.29) is 11.6 Å². The topological polar surface area (TPSA) is 81.3 Å². The van der Waals surface area contributed by atoms with Gasteiger partial charge in [0.2, 0.25) is 0 Å². The van der Waals surface area contributed by atoms with Gasteiger partial charge in [-0.3, -0.25) is 9.69 Å². The minimum atomic E-state index is -0.194. The zero-order valence-electron chi connectivity index (χ0n) is 15.5. The number of carbonyl (C=O) groups is 1. The third-order valence-corrected chi connectivity index (χ3v) is 5.25. The van der Waals surface area contributed by atoms with Crippen LogP contribution in [0.3, 0.4) is 0 Å². The van der Waals surface area contributed by atoms with Gasteiger partial charge in [-0.05, 0) is 30.3 Å². The van der Waals surface area contributed by atoms with Gasteiger partial charge in [0.1, 0.15) is 5.82 Å². The number of rotatable bonds is 3. The lowest BCUT2D eigenvalue weighted by Crippen LogP contribution is -2.49. The second kappa shape index (κ2) is 8.41. The minimum absolute atomic E-state index is 0.135. The summed E-state index contributed by atoms with van der Waals surface area (Å²) in [5.41, 5.74) is 1.11. The number of urea groups is 1. The van der Waals surface area contributed by atoms with E-state index in [0.29, 0.717) is 65.2 Å². The van der Waals surface area contributed by atoms with E-state index in [4.69, 9.17) is 23.2 Å². The van der Waals surface area contributed by atoms with Crippen molar-refractivity contribution in [2.75, 3.05) is 31.5 Å². The number of para-hydroxylation sites is 1. The van der Waals surface area contributed by atoms with Crippen molar-refractivity contribution in [1.82, 2.24) is 19.8 Å². The first-order chi connectivity index (χ1) is 14.0. The fourth-order valence-corrected chi connectivity index (χ4v) is 3.89. The average Bonchev–Trinajstić information content (AvgIpc) is 2.68. The van der Waals surface area contributed by atoms with Crippen molar-refractivity contribution in [3.63, 3.8) is 0 Å². The highest BCUT2D eigenvalue weighted by Gasteiger charge is 2.22. The Hall–Kier alpha value is -2.61. The van der Waals surface area contributed by atoms with Crippen molar-refractivity contribution in [2.24, 2.45) is 0 Å². The van der Waals surface area contributed by atoms with Crippen LogP contribution in [0.5, 0.6) is 0 Å². The van der Waals surface area contributed by atoms with Crippen LogP contribution in [0.25, 0.3) is 10.9 Å². The van der Waals surface area contributed by atoms with Crippen molar-refractivity contribution >= 4 is 45.8 Å². The molecule has 0 unspecified atom stereocenters. The van der Waals surface area contributed by atoms with Gasteiger partial charge in [0.25, 0.3) is 5.56 Å². The third-order valence-electron chi connectivity index (χ3n) is 4.81. The molecule has 1 fully saturated rings. The average molecular weight is 432 g/mol. The molecule has 2 heterocycles. The Kier molecular flexibility index (Phi) is 5.71. The minimum Gasteiger partial charge on any atom is -0.322 e. The summed E-state index contributed by atoms with van der Waals surface area (Å²) >= 11 is 12.0. The Balaban J connectivity index is 1.36. The normalized spacial score (nSPS) is 14.9. The molecule has 0 radical (unpaired) electrons. The Labute approximate surface area is 177 Å². The van der Waals surface area contributed by atoms with Crippen LogP contribution in [-0.2, 0) is 6.54 Å². The van der Waals surface area contributed by atoms with Crippen molar-refractivity contribution in [1.29, 1.82) is 0 Å². The Morgan fingerprint density at radius 3 is 2.48 bits per heavy atom. The lowest BCUT2D eigenvalue weighted by molar-refractivity contribution is 0.141. The maximum atomic E-state index is 12.5. The van der Waals surface area contributed by atoms with Gasteiger partial charge in [0, 0.05) is 41.9 Å². The van der Waals surface area contributed by atoms with Crippen molar-refractivity contribution < 1.29 is 4.79 Å². The molecule has 2 aromatic carbocycles. The zero-order chi connectivity index (χ0) is 20.4. The number of benzene rings is 2. The number of halogens is 2. The van der Waals surface area contributed by atoms with Gasteiger partial charge in [-0.1, -0.05) is 35.3 Å². The number of fused-ring (bicyclic) bond motifs is 1. The summed E-state index contributed by atoms with van der Waals surface area (Å²) in [5.74, 6) is 0.625. The summed E-state index contributed by atoms with van der Waals surface area (Å²) in [6.45, 7) is 3.02. The smallest absolute Gasteiger partial charge is 0.321 e. The van der Waals surface area contributed by atoms with E-state index in [2.05, 4.69) is 20.2 Å². The molecule has 0 spiro atoms. The SMILES string of the molecule is O=C(Nc1cc(Cl)cc(Cl)c1)N1CCN(Cc2nc3ccccc3c(=O)[nH]2)CC1. The maximum Gasteiger partial charge on any atom is 0.321 e. The molecule has 9 heteroatoms. The maximum absolute atomic E-state index is 12.5. The second-order valence-corrected chi connectivity index (χ2v) is 7.75. The van der Waals surface area contributed by atoms with Gasteiger partial charge in [0.15, 0.2) is 0 Å². The van der Waals surface area contributed by atoms with Crippen molar-refractivity contribution in [3.8, 4) is 0 Å². The molecule has 2 amide bonds. The van der Waals surface area contributed by atoms with Crippen molar-refractivity contribution in [2.45, 2.75) is 6.54 Å². The summed E-state index contributed by atoms with van der Waals surface area (Å²) in [4.78, 5) is 36.0. The predicted octanol–water partition coefficient (Wildman–Crippen LogP) is 3.58. The van der Waals surface area contributed by atoms with Gasteiger partial charge < -0.3 is 15.2 Å². The number of piperazine rings is 1. The Morgan fingerprint density at radius 2 is 1.76 bits per heavy atom. The fourth-order valence-electron chi connectivity index (χ4n) is 3.36. The molecule has 150 valence electrons. The summed E-state index contributed by atoms with van der Waals surface area (Å²) in [7, 11) is 0. The second-order valence-electron chi connectivity index (χ2n) is 6.88. The number of nitrogens with one attached hydrogen (secondary N) is 2. The first kappa shape index (κ1) is 19.7. The van der Waals surface area contributed by atoms with Gasteiger partial charge in [-0.15, -0.1) is 0 Å². The van der Waals surface area contributed by atoms with Crippen LogP contribution in [0.4, 0.5) is 10.5 Å². The summed E-state index contributed by atoms with van der Waals surface area (Å²) in [5, 5.41) is 4.34. The van der Waals surface area contributed by atoms with Gasteiger partial charge in [-0.25, -0.2) is 9.78 Å². The largest absolute Gasteiger partial charge is 0.322 e. The van der Waals surface area contributed by atoms with Crippen LogP contribution in [0.1, 0.15) is 5.82 Å². The number of hydrogen-bond donors (Lipinski definition) is 2. The Bertz CT molecular complexity index is 1090. The molecule has 29 heavy (non-hydrogen) atoms. The molecule has 2 N–H and O–H groups in total. The van der Waals surface area contributed by atoms with E-state index in [1.54, 1.807) is 29.2 Å². The van der Waals surface area contributed by atoms with Crippen LogP contribution >= 0.6 is 23.2 Å². The van der Waals surface area contributed by atoms with E-state index >= 15 is 0 Å². The van der Waals surface area contributed by atoms with Crippen LogP contribution in [0, 0.1) is 0 Å². The van der Waals surface area contributed by atoms with Gasteiger partial charge >= 0.3 is 6.03 Å². The summed E-state index contributed by atoms with van der Waals surface area (Å²) < 4.78 is 0. The molecule has 0 saturated carbocycles. The van der Waals surface area contributed by atoms with Crippen LogP contribution in [-0.4, -0.2) is 52.0 Å². The molecule has 7 nitrogen and oxygen atoms in total. The lowest BCUT2D eigenvalue weighted by Gasteiger charge is -2.34. The number of anilines is 1. The molecule has 1 aliphatic heterocycles. The quantitative estimate of drug-likeness (QED) is 0.663. The lowest BCUT2D eigenvalue weighted by atomic mass is 10.2. The number of aromatic amines is 1. The predicted molar refractivity (Wildman–Crippen MR) is 115 cm³/mol. The van der Waals surface area contributed by atoms with Crippen molar-refractivity contribution in [3.05, 3.63) is 68.7 Å². The standard InChI is InChI=1S/C20H19Cl2N5O2/c21-13-9-14(22)11-15(10-13)23-20(29)27-7-5-26(6-8-27)12-18-24-17-4-2-1-3-16(17)19(28)25-18/h1-4,9-11H,5-8,12H2,(H,23,29)(H,24,25,28). The zero-order valence-corrected chi connectivity index (χ0v) is 17.0. The van der Waals surface area contributed by atoms with E-state index in [1.807, 2.05) is 18.2 Å². The number of aromatic nitrogens is 2. The molecule has 3 aromatic rings. The molecule has 0 aliphatic carbocycles. The third kappa shape index (κ3) is 4.70. The highest BCUT2D eigenvalue weighted by Crippen LogP contribution is 2.23. The van der Waals surface area contributed by atoms with Gasteiger partial charge in [-0.2, -0.15) is 0 Å². The number of hydrogen-bond acceptors (Lipinski definition) is 4. The highest BCUT2D eigenvalue weighted by atomic mass is 35.5. The first-order valence-corrected chi connectivity index (χ1v) is 9.96. The number of H-pyrrole nitrogens is 1. The number of nitrogens with zero attached hydrogens (tertiary/aromatic N) is 3. The van der Waals surface area contributed by atoms with E-state index in [9.17, 15) is 9.59 Å². The summed E-state index contributed by atoms with van der Waals surface area (Å²) in [6.07, 6.45) is 0. The molecule has 1 aliphatic rings. The molecule has 1 saturated heterocycles. The number of carbonyl (C=O) groups excluding carboxylic acids is 1. The molecule has 1 aromatic heterocycles. The van der Waals surface area contributed by atoms with E-state index in [0.717, 1.165) is 0 Å². The highest BCUT2D eigenvalue weighted by molar-refractivity contribution is 6.35. The number of amides is 2. The molecule has 0 atom stereocenters. The van der Waals surface area contributed by atoms with E-state index in [1.165, 1.54) is 0 Å². The summed E-state index contributed by atoms with van der Waals surface area (Å²) in [6, 6.07) is 12.0. The van der Waals surface area contributed by atoms with E-state index < -0.39 is 0 Å². The molecular weight excluding hydrogens is 413 g/mol.